The molecule has 2 N–H and O–H groups in total. The van der Waals surface area contributed by atoms with Crippen molar-refractivity contribution < 1.29 is 28.4 Å². The summed E-state index contributed by atoms with van der Waals surface area (Å²) in [4.78, 5) is 18.6. The van der Waals surface area contributed by atoms with E-state index >= 15 is 0 Å². The zero-order valence-electron chi connectivity index (χ0n) is 12.8. The van der Waals surface area contributed by atoms with Crippen LogP contribution in [0.4, 0.5) is 0 Å². The first kappa shape index (κ1) is 16.5. The Balaban J connectivity index is 2.38. The molecule has 1 aliphatic heterocycles. The molecule has 1 saturated heterocycles. The van der Waals surface area contributed by atoms with Crippen molar-refractivity contribution in [1.82, 2.24) is 0 Å². The lowest BCUT2D eigenvalue weighted by Crippen LogP contribution is -2.41. The molecule has 0 atom stereocenters. The third kappa shape index (κ3) is 3.03. The summed E-state index contributed by atoms with van der Waals surface area (Å²) in [5, 5.41) is -0.148. The van der Waals surface area contributed by atoms with Crippen molar-refractivity contribution in [3.8, 4) is 5.75 Å². The van der Waals surface area contributed by atoms with Gasteiger partial charge in [0, 0.05) is 0 Å². The maximum atomic E-state index is 11.4. The predicted molar refractivity (Wildman–Crippen MR) is 80.4 cm³/mol. The Morgan fingerprint density at radius 1 is 1.14 bits per heavy atom. The maximum Gasteiger partial charge on any atom is 0.494 e. The van der Waals surface area contributed by atoms with Crippen molar-refractivity contribution in [1.29, 1.82) is 0 Å². The number of methoxy groups -OCH3 is 1. The second-order valence-electron chi connectivity index (χ2n) is 6.06. The van der Waals surface area contributed by atoms with E-state index in [2.05, 4.69) is 0 Å². The fraction of sp³-hybridized carbons (Fsp3) is 0.538. The SMILES string of the molecule is COc1cc(B2OC(C)(C)C(C)(C)O2)ccc1P(=O)(O)O. The average Bonchev–Trinajstić information content (AvgIpc) is 2.56. The lowest BCUT2D eigenvalue weighted by molar-refractivity contribution is 0.00578. The van der Waals surface area contributed by atoms with Gasteiger partial charge in [0.05, 0.1) is 18.3 Å². The Labute approximate surface area is 124 Å². The highest BCUT2D eigenvalue weighted by Crippen LogP contribution is 2.38. The summed E-state index contributed by atoms with van der Waals surface area (Å²) < 4.78 is 28.3. The minimum atomic E-state index is -4.38. The third-order valence-electron chi connectivity index (χ3n) is 4.04. The molecule has 0 unspecified atom stereocenters. The van der Waals surface area contributed by atoms with Crippen molar-refractivity contribution in [3.63, 3.8) is 0 Å². The van der Waals surface area contributed by atoms with E-state index in [-0.39, 0.29) is 11.1 Å². The minimum Gasteiger partial charge on any atom is -0.496 e. The number of benzene rings is 1. The van der Waals surface area contributed by atoms with Crippen LogP contribution in [0.15, 0.2) is 18.2 Å². The van der Waals surface area contributed by atoms with Crippen molar-refractivity contribution >= 4 is 25.5 Å². The molecule has 0 aromatic heterocycles. The van der Waals surface area contributed by atoms with E-state index in [0.29, 0.717) is 5.46 Å². The summed E-state index contributed by atoms with van der Waals surface area (Å²) in [6, 6.07) is 4.47. The molecule has 2 rings (SSSR count). The fourth-order valence-electron chi connectivity index (χ4n) is 2.06. The molecular formula is C13H20BO6P. The van der Waals surface area contributed by atoms with Crippen LogP contribution in [0.25, 0.3) is 0 Å². The second-order valence-corrected chi connectivity index (χ2v) is 7.63. The number of hydrogen-bond donors (Lipinski definition) is 2. The van der Waals surface area contributed by atoms with Crippen LogP contribution in [0, 0.1) is 0 Å². The lowest BCUT2D eigenvalue weighted by Gasteiger charge is -2.32. The van der Waals surface area contributed by atoms with Crippen LogP contribution in [0.1, 0.15) is 27.7 Å². The summed E-state index contributed by atoms with van der Waals surface area (Å²) >= 11 is 0. The maximum absolute atomic E-state index is 11.4. The Bertz CT molecular complexity index is 578. The molecule has 8 heteroatoms. The molecular weight excluding hydrogens is 294 g/mol. The zero-order valence-corrected chi connectivity index (χ0v) is 13.7. The molecule has 6 nitrogen and oxygen atoms in total. The zero-order chi connectivity index (χ0) is 16.1. The van der Waals surface area contributed by atoms with E-state index in [1.807, 2.05) is 27.7 Å². The standard InChI is InChI=1S/C13H20BO6P/c1-12(2)13(3,4)20-14(19-12)9-6-7-11(21(15,16)17)10(8-9)18-5/h6-8H,1-5H3,(H2,15,16,17). The summed E-state index contributed by atoms with van der Waals surface area (Å²) in [5.41, 5.74) is -0.303. The average molecular weight is 314 g/mol. The predicted octanol–water partition coefficient (Wildman–Crippen LogP) is 0.797. The van der Waals surface area contributed by atoms with Gasteiger partial charge in [-0.1, -0.05) is 6.07 Å². The first-order valence-electron chi connectivity index (χ1n) is 6.57. The Morgan fingerprint density at radius 3 is 2.10 bits per heavy atom. The van der Waals surface area contributed by atoms with Gasteiger partial charge in [-0.3, -0.25) is 4.57 Å². The van der Waals surface area contributed by atoms with Crippen LogP contribution in [0.5, 0.6) is 5.75 Å². The van der Waals surface area contributed by atoms with Gasteiger partial charge >= 0.3 is 14.7 Å². The first-order chi connectivity index (χ1) is 9.48. The van der Waals surface area contributed by atoms with E-state index < -0.39 is 25.9 Å². The molecule has 1 heterocycles. The normalized spacial score (nSPS) is 20.6. The van der Waals surface area contributed by atoms with Gasteiger partial charge in [0.15, 0.2) is 0 Å². The summed E-state index contributed by atoms with van der Waals surface area (Å²) in [6.45, 7) is 7.75. The Hall–Kier alpha value is -0.845. The highest BCUT2D eigenvalue weighted by atomic mass is 31.2. The lowest BCUT2D eigenvalue weighted by atomic mass is 9.79. The van der Waals surface area contributed by atoms with Crippen LogP contribution < -0.4 is 15.5 Å². The molecule has 0 saturated carbocycles. The fourth-order valence-corrected chi connectivity index (χ4v) is 2.77. The number of hydrogen-bond acceptors (Lipinski definition) is 4. The van der Waals surface area contributed by atoms with Crippen LogP contribution in [-0.2, 0) is 13.9 Å². The molecule has 116 valence electrons. The molecule has 1 aromatic carbocycles. The summed E-state index contributed by atoms with van der Waals surface area (Å²) in [7, 11) is -3.62. The second kappa shape index (κ2) is 5.11. The number of rotatable bonds is 3. The van der Waals surface area contributed by atoms with Gasteiger partial charge in [-0.25, -0.2) is 0 Å². The molecule has 1 fully saturated rings. The summed E-state index contributed by atoms with van der Waals surface area (Å²) in [5.74, 6) is 0.121. The van der Waals surface area contributed by atoms with Crippen LogP contribution in [0.3, 0.4) is 0 Å². The summed E-state index contributed by atoms with van der Waals surface area (Å²) in [6.07, 6.45) is 0. The van der Waals surface area contributed by atoms with Gasteiger partial charge in [0.2, 0.25) is 0 Å². The van der Waals surface area contributed by atoms with E-state index in [4.69, 9.17) is 14.0 Å². The van der Waals surface area contributed by atoms with Crippen LogP contribution >= 0.6 is 7.60 Å². The molecule has 0 bridgehead atoms. The molecule has 0 aliphatic carbocycles. The molecule has 21 heavy (non-hydrogen) atoms. The number of ether oxygens (including phenoxy) is 1. The Morgan fingerprint density at radius 2 is 1.67 bits per heavy atom. The third-order valence-corrected chi connectivity index (χ3v) is 5.04. The topological polar surface area (TPSA) is 85.2 Å². The molecule has 0 spiro atoms. The van der Waals surface area contributed by atoms with Crippen LogP contribution in [0.2, 0.25) is 0 Å². The van der Waals surface area contributed by atoms with E-state index in [1.165, 1.54) is 19.2 Å². The van der Waals surface area contributed by atoms with Gasteiger partial charge in [0.25, 0.3) is 0 Å². The Kier molecular flexibility index (Phi) is 4.02. The largest absolute Gasteiger partial charge is 0.496 e. The van der Waals surface area contributed by atoms with E-state index in [1.54, 1.807) is 6.07 Å². The molecule has 1 aliphatic rings. The van der Waals surface area contributed by atoms with Crippen LogP contribution in [-0.4, -0.2) is 35.2 Å². The smallest absolute Gasteiger partial charge is 0.494 e. The monoisotopic (exact) mass is 314 g/mol. The quantitative estimate of drug-likeness (QED) is 0.634. The van der Waals surface area contributed by atoms with Crippen molar-refractivity contribution in [2.24, 2.45) is 0 Å². The van der Waals surface area contributed by atoms with Gasteiger partial charge in [-0.2, -0.15) is 0 Å². The van der Waals surface area contributed by atoms with Crippen molar-refractivity contribution in [2.75, 3.05) is 7.11 Å². The minimum absolute atomic E-state index is 0.121. The van der Waals surface area contributed by atoms with Crippen molar-refractivity contribution in [3.05, 3.63) is 18.2 Å². The van der Waals surface area contributed by atoms with E-state index in [0.717, 1.165) is 0 Å². The van der Waals surface area contributed by atoms with Gasteiger partial charge in [0.1, 0.15) is 11.1 Å². The van der Waals surface area contributed by atoms with Gasteiger partial charge in [-0.05, 0) is 45.3 Å². The van der Waals surface area contributed by atoms with E-state index in [9.17, 15) is 14.4 Å². The van der Waals surface area contributed by atoms with Gasteiger partial charge in [-0.15, -0.1) is 0 Å². The highest BCUT2D eigenvalue weighted by molar-refractivity contribution is 7.60. The molecule has 1 aromatic rings. The van der Waals surface area contributed by atoms with Crippen molar-refractivity contribution in [2.45, 2.75) is 38.9 Å². The van der Waals surface area contributed by atoms with Gasteiger partial charge < -0.3 is 23.8 Å². The molecule has 0 radical (unpaired) electrons. The highest BCUT2D eigenvalue weighted by Gasteiger charge is 2.51. The first-order valence-corrected chi connectivity index (χ1v) is 8.19. The molecule has 0 amide bonds.